The number of hydrogen-bond acceptors (Lipinski definition) is 10. The summed E-state index contributed by atoms with van der Waals surface area (Å²) in [6.45, 7) is 6.68. The monoisotopic (exact) mass is 606 g/mol. The van der Waals surface area contributed by atoms with Crippen LogP contribution >= 0.6 is 7.75 Å². The summed E-state index contributed by atoms with van der Waals surface area (Å²) in [5.41, 5.74) is -3.12. The van der Waals surface area contributed by atoms with E-state index in [9.17, 15) is 29.3 Å². The average Bonchev–Trinajstić information content (AvgIpc) is 3.21. The summed E-state index contributed by atoms with van der Waals surface area (Å²) in [5.74, 6) is -0.232. The number of para-hydroxylation sites is 1. The van der Waals surface area contributed by atoms with Crippen LogP contribution in [0.1, 0.15) is 59.6 Å². The molecule has 14 heteroatoms. The molecule has 2 heterocycles. The smallest absolute Gasteiger partial charge is 0.459 e. The fraction of sp³-hybridized carbons (Fsp3) is 0.571. The number of rotatable bonds is 15. The topological polar surface area (TPSA) is 182 Å². The number of nitrogens with one attached hydrogen (secondary N) is 2. The highest BCUT2D eigenvalue weighted by molar-refractivity contribution is 7.52. The quantitative estimate of drug-likeness (QED) is 0.200. The molecule has 1 aromatic heterocycles. The molecular weight excluding hydrogens is 567 g/mol. The van der Waals surface area contributed by atoms with Crippen molar-refractivity contribution in [2.75, 3.05) is 13.2 Å². The molecule has 0 spiro atoms. The van der Waals surface area contributed by atoms with Gasteiger partial charge in [0.25, 0.3) is 5.56 Å². The van der Waals surface area contributed by atoms with Gasteiger partial charge in [0, 0.05) is 12.3 Å². The molecule has 1 aromatic carbocycles. The second-order valence-corrected chi connectivity index (χ2v) is 12.2. The van der Waals surface area contributed by atoms with Gasteiger partial charge < -0.3 is 19.1 Å². The predicted molar refractivity (Wildman–Crippen MR) is 152 cm³/mol. The van der Waals surface area contributed by atoms with E-state index in [1.807, 2.05) is 6.07 Å². The molecule has 1 aliphatic rings. The molecule has 1 aliphatic heterocycles. The van der Waals surface area contributed by atoms with E-state index in [4.69, 9.17) is 18.5 Å². The Morgan fingerprint density at radius 1 is 1.24 bits per heavy atom. The molecule has 2 aromatic rings. The summed E-state index contributed by atoms with van der Waals surface area (Å²) in [6, 6.07) is 10.1. The van der Waals surface area contributed by atoms with Crippen LogP contribution in [0.25, 0.3) is 0 Å². The molecule has 42 heavy (non-hydrogen) atoms. The molecule has 0 radical (unpaired) electrons. The van der Waals surface area contributed by atoms with Crippen LogP contribution < -0.4 is 20.9 Å². The maximum Gasteiger partial charge on any atom is 0.459 e. The van der Waals surface area contributed by atoms with Gasteiger partial charge in [-0.25, -0.2) is 9.36 Å². The Kier molecular flexibility index (Phi) is 11.7. The molecule has 0 amide bonds. The van der Waals surface area contributed by atoms with Gasteiger partial charge in [0.2, 0.25) is 0 Å². The molecule has 6 atom stereocenters. The van der Waals surface area contributed by atoms with Crippen LogP contribution in [0.5, 0.6) is 5.75 Å². The van der Waals surface area contributed by atoms with E-state index in [-0.39, 0.29) is 18.3 Å². The zero-order valence-corrected chi connectivity index (χ0v) is 25.1. The zero-order chi connectivity index (χ0) is 30.9. The molecule has 1 saturated heterocycles. The number of hydrogen-bond donors (Lipinski definition) is 3. The molecule has 230 valence electrons. The van der Waals surface area contributed by atoms with Gasteiger partial charge in [-0.2, -0.15) is 10.3 Å². The number of aromatic amines is 1. The van der Waals surface area contributed by atoms with Crippen LogP contribution in [0.3, 0.4) is 0 Å². The Morgan fingerprint density at radius 2 is 1.90 bits per heavy atom. The first-order valence-electron chi connectivity index (χ1n) is 14.0. The third kappa shape index (κ3) is 8.18. The van der Waals surface area contributed by atoms with Crippen molar-refractivity contribution in [3.63, 3.8) is 0 Å². The number of esters is 1. The van der Waals surface area contributed by atoms with Gasteiger partial charge in [0.1, 0.15) is 29.4 Å². The number of nitrogens with zero attached hydrogens (tertiary/aromatic N) is 2. The molecule has 0 bridgehead atoms. The highest BCUT2D eigenvalue weighted by atomic mass is 31.2. The van der Waals surface area contributed by atoms with E-state index in [2.05, 4.69) is 23.9 Å². The number of carbonyl (C=O) groups is 1. The lowest BCUT2D eigenvalue weighted by atomic mass is 9.84. The first kappa shape index (κ1) is 33.2. The fourth-order valence-electron chi connectivity index (χ4n) is 4.76. The Bertz CT molecular complexity index is 1390. The van der Waals surface area contributed by atoms with Crippen molar-refractivity contribution < 1.29 is 33.0 Å². The minimum absolute atomic E-state index is 0.187. The molecular formula is C28H39N4O9P. The molecule has 1 unspecified atom stereocenters. The normalized spacial score (nSPS) is 24.1. The lowest BCUT2D eigenvalue weighted by molar-refractivity contribution is -0.146. The summed E-state index contributed by atoms with van der Waals surface area (Å²) in [6.07, 6.45) is 0.876. The first-order valence-corrected chi connectivity index (χ1v) is 15.5. The summed E-state index contributed by atoms with van der Waals surface area (Å²) in [5, 5.41) is 23.5. The van der Waals surface area contributed by atoms with Gasteiger partial charge in [-0.1, -0.05) is 44.9 Å². The number of H-pyrrole nitrogens is 1. The van der Waals surface area contributed by atoms with Gasteiger partial charge in [-0.05, 0) is 44.7 Å². The largest absolute Gasteiger partial charge is 0.464 e. The van der Waals surface area contributed by atoms with E-state index in [0.29, 0.717) is 0 Å². The van der Waals surface area contributed by atoms with Crippen molar-refractivity contribution in [3.05, 3.63) is 63.4 Å². The van der Waals surface area contributed by atoms with Crippen molar-refractivity contribution in [1.82, 2.24) is 14.6 Å². The molecule has 3 N–H and O–H groups in total. The SMILES string of the molecule is CCCC(CCC)COC(=O)[C@H](C)NP(=O)(OC[C@H]1O[C@@H](n2ccc(=O)[nH]c2=O)[C@](C)(C#N)[C@@H]1O)Oc1ccccc1. The van der Waals surface area contributed by atoms with E-state index in [0.717, 1.165) is 42.5 Å². The lowest BCUT2D eigenvalue weighted by Gasteiger charge is -2.26. The van der Waals surface area contributed by atoms with E-state index in [1.54, 1.807) is 30.3 Å². The van der Waals surface area contributed by atoms with Gasteiger partial charge in [0.05, 0.1) is 19.3 Å². The third-order valence-corrected chi connectivity index (χ3v) is 8.71. The van der Waals surface area contributed by atoms with E-state index in [1.165, 1.54) is 13.8 Å². The maximum atomic E-state index is 13.9. The lowest BCUT2D eigenvalue weighted by Crippen LogP contribution is -2.41. The van der Waals surface area contributed by atoms with Crippen LogP contribution in [0.4, 0.5) is 0 Å². The van der Waals surface area contributed by atoms with Crippen LogP contribution in [-0.4, -0.2) is 52.1 Å². The molecule has 13 nitrogen and oxygen atoms in total. The Hall–Kier alpha value is -3.27. The number of aliphatic hydroxyl groups excluding tert-OH is 1. The van der Waals surface area contributed by atoms with Crippen LogP contribution in [-0.2, 0) is 23.4 Å². The van der Waals surface area contributed by atoms with Crippen molar-refractivity contribution in [1.29, 1.82) is 5.26 Å². The second-order valence-electron chi connectivity index (χ2n) is 10.5. The van der Waals surface area contributed by atoms with Gasteiger partial charge in [0.15, 0.2) is 6.23 Å². The van der Waals surface area contributed by atoms with Crippen molar-refractivity contribution in [2.45, 2.75) is 77.9 Å². The molecule has 0 saturated carbocycles. The maximum absolute atomic E-state index is 13.9. The Morgan fingerprint density at radius 3 is 2.50 bits per heavy atom. The summed E-state index contributed by atoms with van der Waals surface area (Å²) < 4.78 is 37.6. The number of aliphatic hydroxyl groups is 1. The number of nitriles is 1. The van der Waals surface area contributed by atoms with Crippen LogP contribution in [0, 0.1) is 22.7 Å². The van der Waals surface area contributed by atoms with Crippen molar-refractivity contribution >= 4 is 13.7 Å². The Balaban J connectivity index is 1.77. The number of carbonyl (C=O) groups excluding carboxylic acids is 1. The molecule has 1 fully saturated rings. The zero-order valence-electron chi connectivity index (χ0n) is 24.2. The highest BCUT2D eigenvalue weighted by Gasteiger charge is 2.55. The van der Waals surface area contributed by atoms with Crippen molar-refractivity contribution in [3.8, 4) is 11.8 Å². The average molecular weight is 607 g/mol. The number of aromatic nitrogens is 2. The van der Waals surface area contributed by atoms with E-state index < -0.39 is 61.5 Å². The van der Waals surface area contributed by atoms with E-state index >= 15 is 0 Å². The predicted octanol–water partition coefficient (Wildman–Crippen LogP) is 3.27. The van der Waals surface area contributed by atoms with Crippen molar-refractivity contribution in [2.24, 2.45) is 11.3 Å². The fourth-order valence-corrected chi connectivity index (χ4v) is 6.26. The molecule has 0 aliphatic carbocycles. The minimum Gasteiger partial charge on any atom is -0.464 e. The van der Waals surface area contributed by atoms with Gasteiger partial charge >= 0.3 is 19.4 Å². The van der Waals surface area contributed by atoms with Crippen LogP contribution in [0.2, 0.25) is 0 Å². The highest BCUT2D eigenvalue weighted by Crippen LogP contribution is 2.48. The van der Waals surface area contributed by atoms with Gasteiger partial charge in [-0.3, -0.25) is 23.7 Å². The first-order chi connectivity index (χ1) is 20.0. The third-order valence-electron chi connectivity index (χ3n) is 7.07. The van der Waals surface area contributed by atoms with Crippen LogP contribution in [0.15, 0.2) is 52.2 Å². The van der Waals surface area contributed by atoms with Gasteiger partial charge in [-0.15, -0.1) is 0 Å². The number of ether oxygens (including phenoxy) is 2. The summed E-state index contributed by atoms with van der Waals surface area (Å²) in [7, 11) is -4.30. The Labute approximate surface area is 244 Å². The second kappa shape index (κ2) is 14.8. The standard InChI is InChI=1S/C28H39N4O9P/c1-5-10-20(11-6-2)16-38-25(35)19(3)31-42(37,41-21-12-8-7-9-13-21)39-17-22-24(34)28(4,18-29)26(40-22)32-15-14-23(33)30-27(32)36/h7-9,12-15,19-20,22,24,26,34H,5-6,10-11,16-17H2,1-4H3,(H,31,37)(H,30,33,36)/t19-,22+,24+,26+,28+,42?/m0/s1. The minimum atomic E-state index is -4.30. The summed E-state index contributed by atoms with van der Waals surface area (Å²) in [4.78, 5) is 38.8. The number of benzene rings is 1. The summed E-state index contributed by atoms with van der Waals surface area (Å²) >= 11 is 0. The molecule has 3 rings (SSSR count).